The predicted octanol–water partition coefficient (Wildman–Crippen LogP) is 3.10. The van der Waals surface area contributed by atoms with Crippen molar-refractivity contribution in [3.05, 3.63) is 23.1 Å². The summed E-state index contributed by atoms with van der Waals surface area (Å²) in [5.74, 6) is -0.170. The van der Waals surface area contributed by atoms with Gasteiger partial charge in [0.2, 0.25) is 0 Å². The zero-order valence-corrected chi connectivity index (χ0v) is 10.9. The average Bonchev–Trinajstić information content (AvgIpc) is 2.26. The van der Waals surface area contributed by atoms with Crippen molar-refractivity contribution in [2.75, 3.05) is 12.4 Å². The minimum atomic E-state index is -0.422. The Bertz CT molecular complexity index is 425. The Balaban J connectivity index is 2.08. The summed E-state index contributed by atoms with van der Waals surface area (Å²) < 4.78 is 18.9. The molecule has 1 aliphatic carbocycles. The molecule has 94 valence electrons. The first-order chi connectivity index (χ1) is 7.95. The van der Waals surface area contributed by atoms with Crippen LogP contribution in [0.3, 0.4) is 0 Å². The number of rotatable bonds is 3. The summed E-state index contributed by atoms with van der Waals surface area (Å²) in [6.45, 7) is 4.19. The predicted molar refractivity (Wildman–Crippen MR) is 65.8 cm³/mol. The van der Waals surface area contributed by atoms with E-state index in [9.17, 15) is 4.39 Å². The number of hydrogen-bond donors (Lipinski definition) is 1. The summed E-state index contributed by atoms with van der Waals surface area (Å²) in [5.41, 5.74) is -0.0253. The Morgan fingerprint density at radius 3 is 2.82 bits per heavy atom. The van der Waals surface area contributed by atoms with Gasteiger partial charge in [-0.05, 0) is 12.5 Å². The van der Waals surface area contributed by atoms with Crippen LogP contribution in [0.5, 0.6) is 0 Å². The van der Waals surface area contributed by atoms with Crippen LogP contribution in [0, 0.1) is 11.2 Å². The molecule has 2 rings (SSSR count). The minimum Gasteiger partial charge on any atom is -0.381 e. The number of pyridine rings is 1. The monoisotopic (exact) mass is 258 g/mol. The molecule has 0 saturated heterocycles. The number of nitrogens with one attached hydrogen (secondary N) is 1. The zero-order valence-electron chi connectivity index (χ0n) is 10.1. The summed E-state index contributed by atoms with van der Waals surface area (Å²) in [4.78, 5) is 3.96. The Kier molecular flexibility index (Phi) is 3.27. The van der Waals surface area contributed by atoms with Gasteiger partial charge in [0.15, 0.2) is 11.6 Å². The Hall–Kier alpha value is -0.870. The van der Waals surface area contributed by atoms with Gasteiger partial charge in [-0.15, -0.1) is 0 Å². The van der Waals surface area contributed by atoms with Crippen LogP contribution in [-0.4, -0.2) is 24.2 Å². The van der Waals surface area contributed by atoms with E-state index in [0.717, 1.165) is 6.42 Å². The molecule has 0 amide bonds. The van der Waals surface area contributed by atoms with E-state index < -0.39 is 5.82 Å². The van der Waals surface area contributed by atoms with Crippen LogP contribution in [-0.2, 0) is 4.74 Å². The molecule has 2 unspecified atom stereocenters. The summed E-state index contributed by atoms with van der Waals surface area (Å²) in [7, 11) is 1.70. The number of nitrogens with zero attached hydrogens (tertiary/aromatic N) is 1. The topological polar surface area (TPSA) is 34.1 Å². The van der Waals surface area contributed by atoms with E-state index in [0.29, 0.717) is 5.02 Å². The van der Waals surface area contributed by atoms with E-state index in [1.165, 1.54) is 12.3 Å². The van der Waals surface area contributed by atoms with E-state index in [4.69, 9.17) is 16.3 Å². The molecule has 1 aromatic heterocycles. The van der Waals surface area contributed by atoms with Gasteiger partial charge >= 0.3 is 0 Å². The van der Waals surface area contributed by atoms with Crippen molar-refractivity contribution in [3.63, 3.8) is 0 Å². The third-order valence-corrected chi connectivity index (χ3v) is 3.79. The molecule has 5 heteroatoms. The molecule has 1 fully saturated rings. The number of methoxy groups -OCH3 is 1. The maximum atomic E-state index is 13.6. The van der Waals surface area contributed by atoms with Crippen LogP contribution in [0.1, 0.15) is 20.3 Å². The van der Waals surface area contributed by atoms with E-state index >= 15 is 0 Å². The Morgan fingerprint density at radius 1 is 1.59 bits per heavy atom. The molecule has 1 heterocycles. The zero-order chi connectivity index (χ0) is 12.6. The SMILES string of the molecule is COC1CC(Nc2ncc(Cl)cc2F)C1(C)C. The fourth-order valence-corrected chi connectivity index (χ4v) is 2.36. The second kappa shape index (κ2) is 4.42. The quantitative estimate of drug-likeness (QED) is 0.905. The van der Waals surface area contributed by atoms with Crippen LogP contribution >= 0.6 is 11.6 Å². The molecule has 17 heavy (non-hydrogen) atoms. The number of halogens is 2. The molecule has 2 atom stereocenters. The maximum Gasteiger partial charge on any atom is 0.166 e. The van der Waals surface area contributed by atoms with Gasteiger partial charge in [-0.1, -0.05) is 25.4 Å². The highest BCUT2D eigenvalue weighted by molar-refractivity contribution is 6.30. The molecule has 1 N–H and O–H groups in total. The number of hydrogen-bond acceptors (Lipinski definition) is 3. The molecule has 1 aliphatic rings. The van der Waals surface area contributed by atoms with Crippen molar-refractivity contribution in [1.82, 2.24) is 4.98 Å². The lowest BCUT2D eigenvalue weighted by atomic mass is 9.64. The Labute approximate surface area is 105 Å². The third kappa shape index (κ3) is 2.24. The van der Waals surface area contributed by atoms with Crippen molar-refractivity contribution < 1.29 is 9.13 Å². The van der Waals surface area contributed by atoms with Crippen LogP contribution in [0.4, 0.5) is 10.2 Å². The third-order valence-electron chi connectivity index (χ3n) is 3.58. The van der Waals surface area contributed by atoms with Crippen molar-refractivity contribution >= 4 is 17.4 Å². The van der Waals surface area contributed by atoms with E-state index in [1.54, 1.807) is 7.11 Å². The standard InChI is InChI=1S/C12H16ClFN2O/c1-12(2)9(5-10(12)17-3)16-11-8(14)4-7(13)6-15-11/h4,6,9-10H,5H2,1-3H3,(H,15,16). The molecule has 1 saturated carbocycles. The van der Waals surface area contributed by atoms with Gasteiger partial charge in [-0.25, -0.2) is 9.37 Å². The van der Waals surface area contributed by atoms with E-state index in [-0.39, 0.29) is 23.4 Å². The molecule has 0 aromatic carbocycles. The highest BCUT2D eigenvalue weighted by atomic mass is 35.5. The molecule has 3 nitrogen and oxygen atoms in total. The summed E-state index contributed by atoms with van der Waals surface area (Å²) in [5, 5.41) is 3.41. The minimum absolute atomic E-state index is 0.0253. The molecular formula is C12H16ClFN2O. The maximum absolute atomic E-state index is 13.6. The lowest BCUT2D eigenvalue weighted by Gasteiger charge is -2.51. The molecule has 0 spiro atoms. The van der Waals surface area contributed by atoms with Gasteiger partial charge in [0.1, 0.15) is 0 Å². The van der Waals surface area contributed by atoms with Gasteiger partial charge < -0.3 is 10.1 Å². The van der Waals surface area contributed by atoms with Gasteiger partial charge in [-0.3, -0.25) is 0 Å². The van der Waals surface area contributed by atoms with E-state index in [1.807, 2.05) is 0 Å². The van der Waals surface area contributed by atoms with Crippen LogP contribution in [0.25, 0.3) is 0 Å². The largest absolute Gasteiger partial charge is 0.381 e. The molecule has 1 aromatic rings. The molecular weight excluding hydrogens is 243 g/mol. The summed E-state index contributed by atoms with van der Waals surface area (Å²) in [6.07, 6.45) is 2.50. The van der Waals surface area contributed by atoms with Crippen molar-refractivity contribution in [2.45, 2.75) is 32.4 Å². The first-order valence-electron chi connectivity index (χ1n) is 5.55. The van der Waals surface area contributed by atoms with Gasteiger partial charge in [-0.2, -0.15) is 0 Å². The lowest BCUT2D eigenvalue weighted by molar-refractivity contribution is -0.0796. The van der Waals surface area contributed by atoms with Crippen molar-refractivity contribution in [2.24, 2.45) is 5.41 Å². The molecule has 0 radical (unpaired) electrons. The second-order valence-corrected chi connectivity index (χ2v) is 5.40. The first-order valence-corrected chi connectivity index (χ1v) is 5.93. The highest BCUT2D eigenvalue weighted by Gasteiger charge is 2.48. The van der Waals surface area contributed by atoms with Crippen molar-refractivity contribution in [1.29, 1.82) is 0 Å². The molecule has 0 aliphatic heterocycles. The first kappa shape index (κ1) is 12.6. The van der Waals surface area contributed by atoms with Crippen LogP contribution in [0.15, 0.2) is 12.3 Å². The van der Waals surface area contributed by atoms with Gasteiger partial charge in [0, 0.05) is 24.8 Å². The smallest absolute Gasteiger partial charge is 0.166 e. The van der Waals surface area contributed by atoms with Gasteiger partial charge in [0.25, 0.3) is 0 Å². The van der Waals surface area contributed by atoms with Gasteiger partial charge in [0.05, 0.1) is 11.1 Å². The average molecular weight is 259 g/mol. The second-order valence-electron chi connectivity index (χ2n) is 4.96. The fourth-order valence-electron chi connectivity index (χ4n) is 2.22. The van der Waals surface area contributed by atoms with Crippen molar-refractivity contribution in [3.8, 4) is 0 Å². The normalized spacial score (nSPS) is 26.4. The summed E-state index contributed by atoms with van der Waals surface area (Å²) in [6, 6.07) is 1.42. The Morgan fingerprint density at radius 2 is 2.29 bits per heavy atom. The van der Waals surface area contributed by atoms with Crippen LogP contribution < -0.4 is 5.32 Å². The number of ether oxygens (including phenoxy) is 1. The number of aromatic nitrogens is 1. The molecule has 0 bridgehead atoms. The van der Waals surface area contributed by atoms with Crippen LogP contribution in [0.2, 0.25) is 5.02 Å². The van der Waals surface area contributed by atoms with E-state index in [2.05, 4.69) is 24.1 Å². The fraction of sp³-hybridized carbons (Fsp3) is 0.583. The number of anilines is 1. The lowest BCUT2D eigenvalue weighted by Crippen LogP contribution is -2.57. The highest BCUT2D eigenvalue weighted by Crippen LogP contribution is 2.44. The summed E-state index contributed by atoms with van der Waals surface area (Å²) >= 11 is 5.65.